The van der Waals surface area contributed by atoms with E-state index >= 15 is 0 Å². The van der Waals surface area contributed by atoms with Gasteiger partial charge in [0.1, 0.15) is 6.61 Å². The number of halogens is 1. The summed E-state index contributed by atoms with van der Waals surface area (Å²) in [5.41, 5.74) is 0. The lowest BCUT2D eigenvalue weighted by Gasteiger charge is -2.29. The lowest BCUT2D eigenvalue weighted by atomic mass is 9.82. The highest BCUT2D eigenvalue weighted by Crippen LogP contribution is 2.29. The molecule has 2 rings (SSSR count). The van der Waals surface area contributed by atoms with Crippen LogP contribution in [0.25, 0.3) is 0 Å². The molecule has 5 heteroatoms. The molecular formula is C15H20BrN3O. The Morgan fingerprint density at radius 2 is 1.95 bits per heavy atom. The predicted octanol–water partition coefficient (Wildman–Crippen LogP) is 2.48. The highest BCUT2D eigenvalue weighted by Gasteiger charge is 2.21. The van der Waals surface area contributed by atoms with Gasteiger partial charge in [-0.25, -0.2) is 9.97 Å². The zero-order chi connectivity index (χ0) is 14.4. The fourth-order valence-electron chi connectivity index (χ4n) is 2.65. The van der Waals surface area contributed by atoms with Gasteiger partial charge in [-0.1, -0.05) is 11.8 Å². The number of hydrogen-bond donors (Lipinski definition) is 1. The Kier molecular flexibility index (Phi) is 5.81. The van der Waals surface area contributed by atoms with Crippen molar-refractivity contribution in [3.63, 3.8) is 0 Å². The van der Waals surface area contributed by atoms with E-state index in [-0.39, 0.29) is 6.61 Å². The second kappa shape index (κ2) is 7.61. The van der Waals surface area contributed by atoms with Gasteiger partial charge in [0.15, 0.2) is 0 Å². The number of hydrogen-bond acceptors (Lipinski definition) is 4. The molecule has 0 amide bonds. The van der Waals surface area contributed by atoms with Gasteiger partial charge in [0, 0.05) is 31.9 Å². The summed E-state index contributed by atoms with van der Waals surface area (Å²) in [5.74, 6) is 7.83. The molecule has 4 nitrogen and oxygen atoms in total. The Morgan fingerprint density at radius 1 is 1.30 bits per heavy atom. The maximum atomic E-state index is 8.72. The fourth-order valence-corrected chi connectivity index (χ4v) is 2.86. The minimum Gasteiger partial charge on any atom is -0.384 e. The number of aliphatic hydroxyl groups is 1. The number of anilines is 1. The van der Waals surface area contributed by atoms with Crippen molar-refractivity contribution < 1.29 is 5.11 Å². The first kappa shape index (κ1) is 15.3. The maximum Gasteiger partial charge on any atom is 0.225 e. The molecule has 1 aromatic rings. The first-order valence-corrected chi connectivity index (χ1v) is 7.76. The van der Waals surface area contributed by atoms with Gasteiger partial charge < -0.3 is 10.0 Å². The summed E-state index contributed by atoms with van der Waals surface area (Å²) in [5, 5.41) is 8.72. The fraction of sp³-hybridized carbons (Fsp3) is 0.600. The Labute approximate surface area is 128 Å². The van der Waals surface area contributed by atoms with E-state index in [1.54, 1.807) is 12.4 Å². The summed E-state index contributed by atoms with van der Waals surface area (Å²) in [6.45, 7) is 0.964. The van der Waals surface area contributed by atoms with E-state index in [2.05, 4.69) is 42.6 Å². The van der Waals surface area contributed by atoms with Gasteiger partial charge in [0.25, 0.3) is 0 Å². The molecule has 1 heterocycles. The molecule has 1 aliphatic rings. The van der Waals surface area contributed by atoms with Gasteiger partial charge in [-0.05, 0) is 47.5 Å². The van der Waals surface area contributed by atoms with Crippen molar-refractivity contribution in [3.05, 3.63) is 16.9 Å². The molecule has 0 saturated heterocycles. The van der Waals surface area contributed by atoms with Crippen molar-refractivity contribution in [2.45, 2.75) is 25.7 Å². The molecule has 0 aromatic carbocycles. The van der Waals surface area contributed by atoms with Gasteiger partial charge >= 0.3 is 0 Å². The van der Waals surface area contributed by atoms with Crippen molar-refractivity contribution in [1.29, 1.82) is 0 Å². The van der Waals surface area contributed by atoms with Crippen LogP contribution in [-0.2, 0) is 0 Å². The molecule has 20 heavy (non-hydrogen) atoms. The van der Waals surface area contributed by atoms with Crippen molar-refractivity contribution in [2.75, 3.05) is 25.1 Å². The van der Waals surface area contributed by atoms with Gasteiger partial charge in [-0.15, -0.1) is 0 Å². The molecule has 0 atom stereocenters. The second-order valence-corrected chi connectivity index (χ2v) is 6.19. The van der Waals surface area contributed by atoms with E-state index in [0.717, 1.165) is 29.8 Å². The lowest BCUT2D eigenvalue weighted by molar-refractivity contribution is 0.318. The zero-order valence-corrected chi connectivity index (χ0v) is 13.3. The van der Waals surface area contributed by atoms with Crippen LogP contribution in [0, 0.1) is 23.7 Å². The molecule has 0 radical (unpaired) electrons. The summed E-state index contributed by atoms with van der Waals surface area (Å²) >= 11 is 3.35. The van der Waals surface area contributed by atoms with E-state index in [0.29, 0.717) is 11.8 Å². The third-order valence-corrected chi connectivity index (χ3v) is 4.12. The first-order valence-electron chi connectivity index (χ1n) is 6.97. The van der Waals surface area contributed by atoms with Crippen molar-refractivity contribution >= 4 is 21.9 Å². The van der Waals surface area contributed by atoms with Gasteiger partial charge in [0.05, 0.1) is 4.47 Å². The average Bonchev–Trinajstić information content (AvgIpc) is 2.47. The molecule has 1 aromatic heterocycles. The monoisotopic (exact) mass is 337 g/mol. The second-order valence-electron chi connectivity index (χ2n) is 5.28. The summed E-state index contributed by atoms with van der Waals surface area (Å²) in [6, 6.07) is 0. The van der Waals surface area contributed by atoms with Crippen LogP contribution in [0.3, 0.4) is 0 Å². The Morgan fingerprint density at radius 3 is 2.55 bits per heavy atom. The molecule has 1 fully saturated rings. The highest BCUT2D eigenvalue weighted by atomic mass is 79.9. The summed E-state index contributed by atoms with van der Waals surface area (Å²) < 4.78 is 0.901. The normalized spacial score (nSPS) is 21.9. The van der Waals surface area contributed by atoms with E-state index in [1.807, 2.05) is 7.05 Å². The van der Waals surface area contributed by atoms with Crippen molar-refractivity contribution in [3.8, 4) is 11.8 Å². The quantitative estimate of drug-likeness (QED) is 0.861. The molecular weight excluding hydrogens is 318 g/mol. The van der Waals surface area contributed by atoms with E-state index in [4.69, 9.17) is 5.11 Å². The van der Waals surface area contributed by atoms with Crippen molar-refractivity contribution in [2.24, 2.45) is 11.8 Å². The van der Waals surface area contributed by atoms with E-state index < -0.39 is 0 Å². The third kappa shape index (κ3) is 4.46. The van der Waals surface area contributed by atoms with Gasteiger partial charge in [-0.2, -0.15) is 0 Å². The maximum absolute atomic E-state index is 8.72. The molecule has 0 spiro atoms. The number of aromatic nitrogens is 2. The first-order chi connectivity index (χ1) is 9.69. The lowest BCUT2D eigenvalue weighted by Crippen LogP contribution is -2.29. The summed E-state index contributed by atoms with van der Waals surface area (Å²) in [6.07, 6.45) is 8.19. The smallest absolute Gasteiger partial charge is 0.225 e. The van der Waals surface area contributed by atoms with Gasteiger partial charge in [0.2, 0.25) is 5.95 Å². The topological polar surface area (TPSA) is 49.2 Å². The van der Waals surface area contributed by atoms with Crippen LogP contribution in [-0.4, -0.2) is 35.3 Å². The third-order valence-electron chi connectivity index (χ3n) is 3.71. The zero-order valence-electron chi connectivity index (χ0n) is 11.7. The summed E-state index contributed by atoms with van der Waals surface area (Å²) in [7, 11) is 2.04. The van der Waals surface area contributed by atoms with Crippen LogP contribution in [0.2, 0.25) is 0 Å². The molecule has 1 aliphatic carbocycles. The standard InChI is InChI=1S/C15H20BrN3O/c1-19(15-17-9-14(16)10-18-15)11-13-6-4-12(5-7-13)3-2-8-20/h9-10,12-13,20H,4-8,11H2,1H3/t12-,13-. The van der Waals surface area contributed by atoms with Crippen LogP contribution < -0.4 is 4.90 Å². The largest absolute Gasteiger partial charge is 0.384 e. The van der Waals surface area contributed by atoms with Crippen LogP contribution in [0.5, 0.6) is 0 Å². The van der Waals surface area contributed by atoms with E-state index in [1.165, 1.54) is 12.8 Å². The van der Waals surface area contributed by atoms with Crippen LogP contribution in [0.1, 0.15) is 25.7 Å². The highest BCUT2D eigenvalue weighted by molar-refractivity contribution is 9.10. The number of nitrogens with zero attached hydrogens (tertiary/aromatic N) is 3. The molecule has 108 valence electrons. The van der Waals surface area contributed by atoms with Gasteiger partial charge in [-0.3, -0.25) is 0 Å². The predicted molar refractivity (Wildman–Crippen MR) is 83.3 cm³/mol. The number of aliphatic hydroxyl groups excluding tert-OH is 1. The van der Waals surface area contributed by atoms with Crippen LogP contribution >= 0.6 is 15.9 Å². The van der Waals surface area contributed by atoms with Crippen molar-refractivity contribution in [1.82, 2.24) is 9.97 Å². The van der Waals surface area contributed by atoms with Crippen LogP contribution in [0.4, 0.5) is 5.95 Å². The Hall–Kier alpha value is -1.12. The Bertz CT molecular complexity index is 472. The Balaban J connectivity index is 1.81. The molecule has 0 aliphatic heterocycles. The molecule has 0 unspecified atom stereocenters. The molecule has 1 N–H and O–H groups in total. The summed E-state index contributed by atoms with van der Waals surface area (Å²) in [4.78, 5) is 10.8. The average molecular weight is 338 g/mol. The SMILES string of the molecule is CN(C[C@H]1CC[C@H](C#CCO)CC1)c1ncc(Br)cn1. The van der Waals surface area contributed by atoms with E-state index in [9.17, 15) is 0 Å². The number of rotatable bonds is 3. The van der Waals surface area contributed by atoms with Crippen LogP contribution in [0.15, 0.2) is 16.9 Å². The molecule has 1 saturated carbocycles. The minimum atomic E-state index is -0.0242. The molecule has 0 bridgehead atoms. The minimum absolute atomic E-state index is 0.0242.